The maximum atomic E-state index is 13.3. The quantitative estimate of drug-likeness (QED) is 0.167. The minimum absolute atomic E-state index is 0. The van der Waals surface area contributed by atoms with Crippen molar-refractivity contribution in [1.82, 2.24) is 9.62 Å². The summed E-state index contributed by atoms with van der Waals surface area (Å²) in [6, 6.07) is 11.9. The Morgan fingerprint density at radius 3 is 2.38 bits per heavy atom. The van der Waals surface area contributed by atoms with Gasteiger partial charge >= 0.3 is 29.6 Å². The van der Waals surface area contributed by atoms with Crippen LogP contribution in [-0.4, -0.2) is 50.8 Å². The number of nitrogens with one attached hydrogen (secondary N) is 1. The first-order chi connectivity index (χ1) is 17.0. The number of hydrogen-bond acceptors (Lipinski definition) is 7. The average molecular weight is 542 g/mol. The molecule has 0 spiro atoms. The standard InChI is InChI=1S/C26H37N3O6S.Na/c1-19(2)18-29(36(33,34)23-13-11-21(27)12-14-23)24(26(31)32)9-4-5-16-28-25(30)15-10-20-7-6-8-22(17-20)35-3;/h6-8,11-14,17,19,24H,4-5,9-10,15-16,18,27H2,1-3H3,(H,28,30)(H,31,32);/q;+1/p-1/t24-;/m0./s1. The van der Waals surface area contributed by atoms with Crippen molar-refractivity contribution in [2.45, 2.75) is 56.9 Å². The second-order valence-electron chi connectivity index (χ2n) is 9.07. The molecule has 1 atom stereocenters. The van der Waals surface area contributed by atoms with Crippen LogP contribution in [-0.2, 0) is 26.0 Å². The van der Waals surface area contributed by atoms with Gasteiger partial charge in [-0.05, 0) is 73.6 Å². The Labute approximate surface area is 242 Å². The van der Waals surface area contributed by atoms with Crippen LogP contribution in [0.4, 0.5) is 5.69 Å². The van der Waals surface area contributed by atoms with E-state index in [2.05, 4.69) is 5.32 Å². The van der Waals surface area contributed by atoms with Gasteiger partial charge in [0.25, 0.3) is 0 Å². The summed E-state index contributed by atoms with van der Waals surface area (Å²) >= 11 is 0. The second kappa shape index (κ2) is 16.0. The number of carboxylic acids is 1. The van der Waals surface area contributed by atoms with Gasteiger partial charge in [-0.3, -0.25) is 4.79 Å². The number of nitrogens with zero attached hydrogens (tertiary/aromatic N) is 1. The van der Waals surface area contributed by atoms with Gasteiger partial charge in [0.05, 0.1) is 24.0 Å². The van der Waals surface area contributed by atoms with Crippen LogP contribution in [0.3, 0.4) is 0 Å². The van der Waals surface area contributed by atoms with Crippen LogP contribution in [0.1, 0.15) is 45.1 Å². The zero-order chi connectivity index (χ0) is 26.7. The average Bonchev–Trinajstić information content (AvgIpc) is 2.83. The molecule has 198 valence electrons. The van der Waals surface area contributed by atoms with E-state index in [4.69, 9.17) is 10.5 Å². The van der Waals surface area contributed by atoms with Gasteiger partial charge in [-0.25, -0.2) is 8.42 Å². The fraction of sp³-hybridized carbons (Fsp3) is 0.462. The molecule has 2 rings (SSSR count). The maximum Gasteiger partial charge on any atom is 1.00 e. The minimum atomic E-state index is -4.07. The predicted octanol–water partition coefficient (Wildman–Crippen LogP) is -1.03. The summed E-state index contributed by atoms with van der Waals surface area (Å²) in [5.74, 6) is -0.918. The van der Waals surface area contributed by atoms with Crippen molar-refractivity contribution in [2.24, 2.45) is 5.92 Å². The number of methoxy groups -OCH3 is 1. The molecule has 1 amide bonds. The first-order valence-corrected chi connectivity index (χ1v) is 13.5. The summed E-state index contributed by atoms with van der Waals surface area (Å²) < 4.78 is 32.7. The molecule has 0 saturated heterocycles. The van der Waals surface area contributed by atoms with Crippen LogP contribution in [0, 0.1) is 5.92 Å². The van der Waals surface area contributed by atoms with Gasteiger partial charge in [0, 0.05) is 25.2 Å². The molecule has 2 aromatic carbocycles. The third-order valence-electron chi connectivity index (χ3n) is 5.65. The topological polar surface area (TPSA) is 142 Å². The van der Waals surface area contributed by atoms with E-state index in [1.54, 1.807) is 7.11 Å². The van der Waals surface area contributed by atoms with Crippen LogP contribution in [0.15, 0.2) is 53.4 Å². The van der Waals surface area contributed by atoms with Crippen LogP contribution in [0.2, 0.25) is 0 Å². The molecule has 0 radical (unpaired) electrons. The van der Waals surface area contributed by atoms with Gasteiger partial charge in [-0.1, -0.05) is 26.0 Å². The minimum Gasteiger partial charge on any atom is -0.548 e. The van der Waals surface area contributed by atoms with Crippen molar-refractivity contribution in [3.8, 4) is 5.75 Å². The van der Waals surface area contributed by atoms with Gasteiger partial charge < -0.3 is 25.7 Å². The fourth-order valence-corrected chi connectivity index (χ4v) is 5.54. The SMILES string of the molecule is COc1cccc(CCC(=O)NCCCC[C@@H](C(=O)[O-])N(CC(C)C)S(=O)(=O)c2ccc(N)cc2)c1.[Na+]. The summed E-state index contributed by atoms with van der Waals surface area (Å²) in [7, 11) is -2.48. The van der Waals surface area contributed by atoms with Crippen molar-refractivity contribution < 1.29 is 57.4 Å². The summed E-state index contributed by atoms with van der Waals surface area (Å²) in [5, 5.41) is 14.8. The van der Waals surface area contributed by atoms with Crippen molar-refractivity contribution in [3.05, 3.63) is 54.1 Å². The molecule has 0 fully saturated rings. The number of rotatable bonds is 15. The number of hydrogen-bond donors (Lipinski definition) is 2. The number of carboxylic acid groups (broad SMARTS) is 1. The molecule has 0 heterocycles. The van der Waals surface area contributed by atoms with Crippen molar-refractivity contribution in [3.63, 3.8) is 0 Å². The number of amides is 1. The number of benzene rings is 2. The van der Waals surface area contributed by atoms with Gasteiger partial charge in [-0.15, -0.1) is 0 Å². The normalized spacial score (nSPS) is 12.1. The number of nitrogen functional groups attached to an aromatic ring is 1. The van der Waals surface area contributed by atoms with E-state index in [9.17, 15) is 23.1 Å². The Morgan fingerprint density at radius 2 is 1.78 bits per heavy atom. The second-order valence-corrected chi connectivity index (χ2v) is 11.0. The number of carbonyl (C=O) groups excluding carboxylic acids is 2. The molecule has 0 aliphatic heterocycles. The number of aliphatic carboxylic acids is 1. The molecule has 0 bridgehead atoms. The maximum absolute atomic E-state index is 13.3. The van der Waals surface area contributed by atoms with Crippen molar-refractivity contribution in [1.29, 1.82) is 0 Å². The first-order valence-electron chi connectivity index (χ1n) is 12.0. The molecular formula is C26H36N3NaO6S. The number of carbonyl (C=O) groups is 2. The molecule has 9 nitrogen and oxygen atoms in total. The number of sulfonamides is 1. The van der Waals surface area contributed by atoms with Crippen LogP contribution >= 0.6 is 0 Å². The third-order valence-corrected chi connectivity index (χ3v) is 7.54. The molecule has 0 unspecified atom stereocenters. The Kier molecular flexibility index (Phi) is 14.2. The molecular weight excluding hydrogens is 505 g/mol. The Hall–Kier alpha value is -2.11. The summed E-state index contributed by atoms with van der Waals surface area (Å²) in [6.07, 6.45) is 1.87. The van der Waals surface area contributed by atoms with Crippen LogP contribution < -0.4 is 50.5 Å². The Balaban J connectivity index is 0.00000684. The van der Waals surface area contributed by atoms with Gasteiger partial charge in [-0.2, -0.15) is 4.31 Å². The first kappa shape index (κ1) is 32.9. The molecule has 37 heavy (non-hydrogen) atoms. The van der Waals surface area contributed by atoms with Gasteiger partial charge in [0.1, 0.15) is 5.75 Å². The molecule has 2 aromatic rings. The summed E-state index contributed by atoms with van der Waals surface area (Å²) in [4.78, 5) is 24.1. The van der Waals surface area contributed by atoms with E-state index in [1.807, 2.05) is 38.1 Å². The largest absolute Gasteiger partial charge is 1.00 e. The van der Waals surface area contributed by atoms with Crippen molar-refractivity contribution >= 4 is 27.6 Å². The zero-order valence-electron chi connectivity index (χ0n) is 22.1. The predicted molar refractivity (Wildman–Crippen MR) is 137 cm³/mol. The number of aryl methyl sites for hydroxylation is 1. The molecule has 0 aliphatic rings. The van der Waals surface area contributed by atoms with Gasteiger partial charge in [0.15, 0.2) is 0 Å². The third kappa shape index (κ3) is 10.6. The van der Waals surface area contributed by atoms with E-state index < -0.39 is 22.0 Å². The smallest absolute Gasteiger partial charge is 0.548 e. The number of nitrogens with two attached hydrogens (primary N) is 1. The van der Waals surface area contributed by atoms with E-state index in [-0.39, 0.29) is 59.2 Å². The fourth-order valence-electron chi connectivity index (χ4n) is 3.77. The zero-order valence-corrected chi connectivity index (χ0v) is 24.9. The molecule has 0 aromatic heterocycles. The molecule has 0 aliphatic carbocycles. The molecule has 11 heteroatoms. The van der Waals surface area contributed by atoms with Crippen LogP contribution in [0.5, 0.6) is 5.75 Å². The number of unbranched alkanes of at least 4 members (excludes halogenated alkanes) is 1. The molecule has 3 N–H and O–H groups in total. The molecule has 0 saturated carbocycles. The number of anilines is 1. The Morgan fingerprint density at radius 1 is 1.11 bits per heavy atom. The number of ether oxygens (including phenoxy) is 1. The summed E-state index contributed by atoms with van der Waals surface area (Å²) in [5.41, 5.74) is 7.07. The Bertz CT molecular complexity index is 1110. The van der Waals surface area contributed by atoms with E-state index in [0.717, 1.165) is 15.6 Å². The van der Waals surface area contributed by atoms with Crippen LogP contribution in [0.25, 0.3) is 0 Å². The van der Waals surface area contributed by atoms with Gasteiger partial charge in [0.2, 0.25) is 15.9 Å². The monoisotopic (exact) mass is 541 g/mol. The van der Waals surface area contributed by atoms with E-state index in [1.165, 1.54) is 24.3 Å². The van der Waals surface area contributed by atoms with E-state index >= 15 is 0 Å². The summed E-state index contributed by atoms with van der Waals surface area (Å²) in [6.45, 7) is 4.04. The van der Waals surface area contributed by atoms with Crippen molar-refractivity contribution in [2.75, 3.05) is 25.9 Å². The van der Waals surface area contributed by atoms with E-state index in [0.29, 0.717) is 37.9 Å².